The van der Waals surface area contributed by atoms with Crippen molar-refractivity contribution in [1.29, 1.82) is 5.26 Å². The first kappa shape index (κ1) is 14.4. The van der Waals surface area contributed by atoms with E-state index in [1.165, 1.54) is 5.69 Å². The van der Waals surface area contributed by atoms with Crippen LogP contribution in [0.25, 0.3) is 10.1 Å². The summed E-state index contributed by atoms with van der Waals surface area (Å²) in [5.41, 5.74) is 1.27. The van der Waals surface area contributed by atoms with Crippen molar-refractivity contribution >= 4 is 27.1 Å². The van der Waals surface area contributed by atoms with Crippen LogP contribution in [0.5, 0.6) is 0 Å². The zero-order chi connectivity index (χ0) is 15.2. The van der Waals surface area contributed by atoms with Gasteiger partial charge in [-0.1, -0.05) is 0 Å². The lowest BCUT2D eigenvalue weighted by molar-refractivity contribution is 0.0156. The van der Waals surface area contributed by atoms with E-state index in [1.807, 2.05) is 25.3 Å². The van der Waals surface area contributed by atoms with Gasteiger partial charge in [-0.3, -0.25) is 0 Å². The van der Waals surface area contributed by atoms with Crippen LogP contribution in [0.1, 0.15) is 32.8 Å². The molecule has 0 unspecified atom stereocenters. The molecule has 1 aromatic carbocycles. The first-order valence-electron chi connectivity index (χ1n) is 7.33. The first-order valence-corrected chi connectivity index (χ1v) is 8.21. The molecule has 0 saturated carbocycles. The summed E-state index contributed by atoms with van der Waals surface area (Å²) in [6.07, 6.45) is 0.996. The summed E-state index contributed by atoms with van der Waals surface area (Å²) in [5.74, 6) is 0.266. The Kier molecular flexibility index (Phi) is 3.43. The van der Waals surface area contributed by atoms with E-state index in [1.54, 1.807) is 11.3 Å². The van der Waals surface area contributed by atoms with Crippen LogP contribution in [0.2, 0.25) is 0 Å². The fraction of sp³-hybridized carbons (Fsp3) is 0.471. The highest BCUT2D eigenvalue weighted by Crippen LogP contribution is 2.40. The Labute approximate surface area is 129 Å². The van der Waals surface area contributed by atoms with E-state index in [-0.39, 0.29) is 5.92 Å². The average Bonchev–Trinajstić information content (AvgIpc) is 3.03. The molecule has 2 aromatic rings. The quantitative estimate of drug-likeness (QED) is 0.918. The lowest BCUT2D eigenvalue weighted by Crippen LogP contribution is -2.40. The molecule has 3 nitrogen and oxygen atoms in total. The normalized spacial score (nSPS) is 22.7. The zero-order valence-corrected chi connectivity index (χ0v) is 13.4. The van der Waals surface area contributed by atoms with Gasteiger partial charge in [-0.15, -0.1) is 11.3 Å². The van der Waals surface area contributed by atoms with E-state index in [9.17, 15) is 10.4 Å². The summed E-state index contributed by atoms with van der Waals surface area (Å²) < 4.78 is 1.06. The molecule has 2 atom stereocenters. The Morgan fingerprint density at radius 3 is 2.76 bits per heavy atom. The lowest BCUT2D eigenvalue weighted by Gasteiger charge is -2.33. The van der Waals surface area contributed by atoms with Crippen LogP contribution >= 0.6 is 11.3 Å². The molecule has 110 valence electrons. The third-order valence-corrected chi connectivity index (χ3v) is 5.63. The van der Waals surface area contributed by atoms with Gasteiger partial charge in [0, 0.05) is 29.6 Å². The van der Waals surface area contributed by atoms with Gasteiger partial charge in [0.15, 0.2) is 0 Å². The molecule has 0 spiro atoms. The average molecular weight is 300 g/mol. The molecule has 1 N–H and O–H groups in total. The maximum Gasteiger partial charge on any atom is 0.101 e. The Hall–Kier alpha value is -1.57. The Balaban J connectivity index is 2.03. The fourth-order valence-electron chi connectivity index (χ4n) is 3.61. The standard InChI is InChI=1S/C17H20N2OS/c1-11-14(17(2,3)20)6-8-19(11)15-5-4-12(10-18)16-13(15)7-9-21-16/h4-5,7,9,11,14,20H,6,8H2,1-3H3/t11-,14-/m0/s1. The largest absolute Gasteiger partial charge is 0.390 e. The SMILES string of the molecule is C[C@H]1[C@@H](C(C)(C)O)CCN1c1ccc(C#N)c2sccc12. The number of hydrogen-bond donors (Lipinski definition) is 1. The predicted molar refractivity (Wildman–Crippen MR) is 87.8 cm³/mol. The molecule has 1 fully saturated rings. The molecular weight excluding hydrogens is 280 g/mol. The molecule has 2 heterocycles. The van der Waals surface area contributed by atoms with E-state index in [0.29, 0.717) is 6.04 Å². The summed E-state index contributed by atoms with van der Waals surface area (Å²) >= 11 is 1.62. The van der Waals surface area contributed by atoms with Crippen LogP contribution in [-0.4, -0.2) is 23.3 Å². The van der Waals surface area contributed by atoms with Gasteiger partial charge in [0.2, 0.25) is 0 Å². The van der Waals surface area contributed by atoms with Gasteiger partial charge in [-0.25, -0.2) is 0 Å². The summed E-state index contributed by atoms with van der Waals surface area (Å²) in [6, 6.07) is 8.63. The number of rotatable bonds is 2. The highest BCUT2D eigenvalue weighted by Gasteiger charge is 2.40. The summed E-state index contributed by atoms with van der Waals surface area (Å²) in [4.78, 5) is 2.37. The van der Waals surface area contributed by atoms with Crippen molar-refractivity contribution in [2.24, 2.45) is 5.92 Å². The summed E-state index contributed by atoms with van der Waals surface area (Å²) in [7, 11) is 0. The minimum Gasteiger partial charge on any atom is -0.390 e. The van der Waals surface area contributed by atoms with Crippen LogP contribution in [0, 0.1) is 17.2 Å². The summed E-state index contributed by atoms with van der Waals surface area (Å²) in [6.45, 7) is 6.94. The van der Waals surface area contributed by atoms with Gasteiger partial charge in [0.25, 0.3) is 0 Å². The van der Waals surface area contributed by atoms with Crippen molar-refractivity contribution in [3.8, 4) is 6.07 Å². The zero-order valence-electron chi connectivity index (χ0n) is 12.6. The third-order valence-electron chi connectivity index (χ3n) is 4.69. The maximum absolute atomic E-state index is 10.3. The van der Waals surface area contributed by atoms with E-state index in [4.69, 9.17) is 0 Å². The number of thiophene rings is 1. The molecule has 0 radical (unpaired) electrons. The molecule has 4 heteroatoms. The number of benzene rings is 1. The Bertz CT molecular complexity index is 708. The number of aliphatic hydroxyl groups is 1. The van der Waals surface area contributed by atoms with Crippen molar-refractivity contribution < 1.29 is 5.11 Å². The van der Waals surface area contributed by atoms with Gasteiger partial charge >= 0.3 is 0 Å². The number of nitriles is 1. The monoisotopic (exact) mass is 300 g/mol. The Morgan fingerprint density at radius 2 is 2.14 bits per heavy atom. The Morgan fingerprint density at radius 1 is 1.38 bits per heavy atom. The predicted octanol–water partition coefficient (Wildman–Crippen LogP) is 3.76. The van der Waals surface area contributed by atoms with Crippen molar-refractivity contribution in [3.63, 3.8) is 0 Å². The summed E-state index contributed by atoms with van der Waals surface area (Å²) in [5, 5.41) is 22.8. The van der Waals surface area contributed by atoms with Crippen molar-refractivity contribution in [2.75, 3.05) is 11.4 Å². The van der Waals surface area contributed by atoms with Crippen molar-refractivity contribution in [3.05, 3.63) is 29.1 Å². The fourth-order valence-corrected chi connectivity index (χ4v) is 4.49. The molecule has 21 heavy (non-hydrogen) atoms. The second-order valence-corrected chi connectivity index (χ2v) is 7.31. The minimum atomic E-state index is -0.658. The highest BCUT2D eigenvalue weighted by atomic mass is 32.1. The number of anilines is 1. The topological polar surface area (TPSA) is 47.3 Å². The van der Waals surface area contributed by atoms with Crippen molar-refractivity contribution in [1.82, 2.24) is 0 Å². The van der Waals surface area contributed by atoms with E-state index in [0.717, 1.165) is 28.6 Å². The van der Waals surface area contributed by atoms with Crippen LogP contribution in [0.15, 0.2) is 23.6 Å². The molecule has 1 saturated heterocycles. The molecule has 0 amide bonds. The molecule has 0 bridgehead atoms. The number of fused-ring (bicyclic) bond motifs is 1. The van der Waals surface area contributed by atoms with E-state index in [2.05, 4.69) is 30.0 Å². The van der Waals surface area contributed by atoms with Gasteiger partial charge in [-0.05, 0) is 50.8 Å². The second kappa shape index (κ2) is 5.01. The van der Waals surface area contributed by atoms with Crippen LogP contribution in [0.4, 0.5) is 5.69 Å². The molecule has 0 aliphatic carbocycles. The van der Waals surface area contributed by atoms with Gasteiger partial charge in [0.05, 0.1) is 15.9 Å². The van der Waals surface area contributed by atoms with Crippen molar-refractivity contribution in [2.45, 2.75) is 38.8 Å². The van der Waals surface area contributed by atoms with Gasteiger partial charge in [0.1, 0.15) is 6.07 Å². The number of nitrogens with zero attached hydrogens (tertiary/aromatic N) is 2. The van der Waals surface area contributed by atoms with Gasteiger partial charge in [-0.2, -0.15) is 5.26 Å². The minimum absolute atomic E-state index is 0.266. The maximum atomic E-state index is 10.3. The molecule has 1 aliphatic rings. The molecular formula is C17H20N2OS. The van der Waals surface area contributed by atoms with E-state index < -0.39 is 5.60 Å². The smallest absolute Gasteiger partial charge is 0.101 e. The third kappa shape index (κ3) is 2.31. The molecule has 1 aliphatic heterocycles. The lowest BCUT2D eigenvalue weighted by atomic mass is 9.85. The first-order chi connectivity index (χ1) is 9.93. The molecule has 1 aromatic heterocycles. The number of hydrogen-bond acceptors (Lipinski definition) is 4. The second-order valence-electron chi connectivity index (χ2n) is 6.39. The van der Waals surface area contributed by atoms with Gasteiger partial charge < -0.3 is 10.0 Å². The molecule has 3 rings (SSSR count). The van der Waals surface area contributed by atoms with Crippen LogP contribution < -0.4 is 4.90 Å². The highest BCUT2D eigenvalue weighted by molar-refractivity contribution is 7.17. The van der Waals surface area contributed by atoms with Crippen LogP contribution in [-0.2, 0) is 0 Å². The van der Waals surface area contributed by atoms with E-state index >= 15 is 0 Å². The van der Waals surface area contributed by atoms with Crippen LogP contribution in [0.3, 0.4) is 0 Å².